The molecule has 0 amide bonds. The first-order valence-corrected chi connectivity index (χ1v) is 18.2. The number of nitrogens with zero attached hydrogens (tertiary/aromatic N) is 1. The molecule has 1 aliphatic carbocycles. The smallest absolute Gasteiger partial charge is 0.0711 e. The Morgan fingerprint density at radius 3 is 2.04 bits per heavy atom. The highest BCUT2D eigenvalue weighted by atomic mass is 32.1. The molecule has 0 saturated heterocycles. The summed E-state index contributed by atoms with van der Waals surface area (Å²) in [5.41, 5.74) is 15.9. The highest BCUT2D eigenvalue weighted by molar-refractivity contribution is 7.22. The summed E-state index contributed by atoms with van der Waals surface area (Å²) < 4.78 is 1.33. The van der Waals surface area contributed by atoms with Gasteiger partial charge in [0.2, 0.25) is 0 Å². The summed E-state index contributed by atoms with van der Waals surface area (Å²) in [7, 11) is 0. The normalized spacial score (nSPS) is 17.4. The summed E-state index contributed by atoms with van der Waals surface area (Å²) >= 11 is 1.91. The van der Waals surface area contributed by atoms with Gasteiger partial charge in [-0.05, 0) is 87.6 Å². The minimum Gasteiger partial charge on any atom is -0.252 e. The fourth-order valence-corrected chi connectivity index (χ4v) is 8.60. The van der Waals surface area contributed by atoms with Gasteiger partial charge in [-0.3, -0.25) is 4.99 Å². The average Bonchev–Trinajstić information content (AvgIpc) is 3.47. The molecule has 238 valence electrons. The van der Waals surface area contributed by atoms with Crippen molar-refractivity contribution in [1.29, 1.82) is 0 Å². The summed E-state index contributed by atoms with van der Waals surface area (Å²) in [4.78, 5) is 6.70. The van der Waals surface area contributed by atoms with E-state index in [9.17, 15) is 0 Å². The maximum atomic E-state index is 5.33. The van der Waals surface area contributed by atoms with Crippen molar-refractivity contribution in [3.8, 4) is 21.6 Å². The zero-order chi connectivity index (χ0) is 33.3. The minimum atomic E-state index is 0.878. The summed E-state index contributed by atoms with van der Waals surface area (Å²) in [6, 6.07) is 57.0. The predicted molar refractivity (Wildman–Crippen MR) is 215 cm³/mol. The fourth-order valence-electron chi connectivity index (χ4n) is 7.32. The molecular weight excluding hydrogens is 623 g/mol. The number of benzene rings is 6. The van der Waals surface area contributed by atoms with Gasteiger partial charge in [0.25, 0.3) is 0 Å². The fraction of sp³-hybridized carbons (Fsp3) is 0.0625. The van der Waals surface area contributed by atoms with Gasteiger partial charge in [-0.1, -0.05) is 158 Å². The van der Waals surface area contributed by atoms with Gasteiger partial charge < -0.3 is 0 Å². The molecule has 2 heterocycles. The van der Waals surface area contributed by atoms with Crippen LogP contribution < -0.4 is 0 Å². The van der Waals surface area contributed by atoms with Crippen LogP contribution in [0.25, 0.3) is 48.5 Å². The third-order valence-corrected chi connectivity index (χ3v) is 11.1. The number of thiophene rings is 1. The molecule has 1 aromatic heterocycles. The SMILES string of the molecule is C1=C(c2cccc(-c3ccc(/C4=N/C(c5ccccc5)=C\C(c5ccccc5)=C/CC4)cc3)c2)c2c(sc3ccccc23)-c2ccccc2C1. The molecule has 2 heteroatoms. The van der Waals surface area contributed by atoms with Crippen molar-refractivity contribution in [3.63, 3.8) is 0 Å². The van der Waals surface area contributed by atoms with E-state index in [4.69, 9.17) is 4.99 Å². The quantitative estimate of drug-likeness (QED) is 0.175. The van der Waals surface area contributed by atoms with Gasteiger partial charge in [0.05, 0.1) is 5.70 Å². The van der Waals surface area contributed by atoms with E-state index in [0.717, 1.165) is 36.2 Å². The lowest BCUT2D eigenvalue weighted by molar-refractivity contribution is 1.09. The second-order valence-corrected chi connectivity index (χ2v) is 14.0. The lowest BCUT2D eigenvalue weighted by Crippen LogP contribution is -2.03. The van der Waals surface area contributed by atoms with Gasteiger partial charge >= 0.3 is 0 Å². The van der Waals surface area contributed by atoms with Crippen LogP contribution in [-0.4, -0.2) is 5.71 Å². The van der Waals surface area contributed by atoms with Crippen molar-refractivity contribution in [2.24, 2.45) is 4.99 Å². The van der Waals surface area contributed by atoms with E-state index in [2.05, 4.69) is 176 Å². The van der Waals surface area contributed by atoms with Crippen LogP contribution >= 0.6 is 11.3 Å². The Kier molecular flexibility index (Phi) is 8.00. The summed E-state index contributed by atoms with van der Waals surface area (Å²) in [6.07, 6.45) is 9.77. The Balaban J connectivity index is 1.06. The van der Waals surface area contributed by atoms with E-state index in [1.165, 1.54) is 70.6 Å². The molecular formula is C48H35NS. The average molecular weight is 658 g/mol. The van der Waals surface area contributed by atoms with E-state index in [1.807, 2.05) is 11.3 Å². The molecule has 6 aromatic carbocycles. The van der Waals surface area contributed by atoms with Gasteiger partial charge in [0.1, 0.15) is 0 Å². The van der Waals surface area contributed by atoms with Gasteiger partial charge in [-0.2, -0.15) is 0 Å². The number of rotatable bonds is 5. The predicted octanol–water partition coefficient (Wildman–Crippen LogP) is 12.9. The third kappa shape index (κ3) is 5.78. The molecule has 0 atom stereocenters. The third-order valence-electron chi connectivity index (χ3n) is 9.85. The second-order valence-electron chi connectivity index (χ2n) is 13.0. The van der Waals surface area contributed by atoms with Crippen LogP contribution in [0, 0.1) is 0 Å². The lowest BCUT2D eigenvalue weighted by atomic mass is 9.92. The number of hydrogen-bond donors (Lipinski definition) is 0. The highest BCUT2D eigenvalue weighted by Gasteiger charge is 2.23. The summed E-state index contributed by atoms with van der Waals surface area (Å²) in [5.74, 6) is 0. The van der Waals surface area contributed by atoms with Crippen LogP contribution in [0.3, 0.4) is 0 Å². The van der Waals surface area contributed by atoms with Crippen LogP contribution in [0.2, 0.25) is 0 Å². The molecule has 0 saturated carbocycles. The summed E-state index contributed by atoms with van der Waals surface area (Å²) in [5, 5.41) is 1.33. The van der Waals surface area contributed by atoms with E-state index in [1.54, 1.807) is 0 Å². The molecule has 0 fully saturated rings. The highest BCUT2D eigenvalue weighted by Crippen LogP contribution is 2.47. The molecule has 7 aromatic rings. The van der Waals surface area contributed by atoms with Crippen LogP contribution in [0.1, 0.15) is 46.2 Å². The second kappa shape index (κ2) is 13.2. The molecule has 2 aliphatic rings. The maximum absolute atomic E-state index is 5.33. The van der Waals surface area contributed by atoms with Crippen molar-refractivity contribution in [2.45, 2.75) is 19.3 Å². The van der Waals surface area contributed by atoms with Crippen LogP contribution in [-0.2, 0) is 6.42 Å². The van der Waals surface area contributed by atoms with Crippen LogP contribution in [0.15, 0.2) is 181 Å². The minimum absolute atomic E-state index is 0.878. The molecule has 1 nitrogen and oxygen atoms in total. The van der Waals surface area contributed by atoms with E-state index < -0.39 is 0 Å². The molecule has 50 heavy (non-hydrogen) atoms. The van der Waals surface area contributed by atoms with Crippen molar-refractivity contribution in [3.05, 3.63) is 209 Å². The van der Waals surface area contributed by atoms with Crippen molar-refractivity contribution in [1.82, 2.24) is 0 Å². The molecule has 0 N–H and O–H groups in total. The summed E-state index contributed by atoms with van der Waals surface area (Å²) in [6.45, 7) is 0. The Bertz CT molecular complexity index is 2470. The molecule has 0 unspecified atom stereocenters. The first-order valence-electron chi connectivity index (χ1n) is 17.4. The molecule has 0 spiro atoms. The largest absolute Gasteiger partial charge is 0.252 e. The van der Waals surface area contributed by atoms with Gasteiger partial charge in [-0.15, -0.1) is 11.3 Å². The molecule has 0 radical (unpaired) electrons. The van der Waals surface area contributed by atoms with Crippen LogP contribution in [0.5, 0.6) is 0 Å². The molecule has 9 rings (SSSR count). The maximum Gasteiger partial charge on any atom is 0.0711 e. The number of aliphatic imine (C=N–C) groups is 1. The molecule has 0 bridgehead atoms. The van der Waals surface area contributed by atoms with Gasteiger partial charge in [-0.25, -0.2) is 0 Å². The lowest BCUT2D eigenvalue weighted by Gasteiger charge is -2.15. The Hall–Kier alpha value is -5.83. The monoisotopic (exact) mass is 657 g/mol. The zero-order valence-corrected chi connectivity index (χ0v) is 28.5. The van der Waals surface area contributed by atoms with Gasteiger partial charge in [0.15, 0.2) is 0 Å². The van der Waals surface area contributed by atoms with E-state index in [-0.39, 0.29) is 0 Å². The zero-order valence-electron chi connectivity index (χ0n) is 27.7. The van der Waals surface area contributed by atoms with E-state index in [0.29, 0.717) is 0 Å². The first-order chi connectivity index (χ1) is 24.8. The Morgan fingerprint density at radius 2 is 1.20 bits per heavy atom. The van der Waals surface area contributed by atoms with Crippen LogP contribution in [0.4, 0.5) is 0 Å². The standard InChI is InChI=1S/C48H35NS/c1-3-13-33(14-4-1)39-19-12-23-44(49-45(32-39)36-16-5-2-6-17-36)37-27-25-34(26-28-37)38-18-11-20-40(31-38)41-30-29-35-15-7-8-21-42(35)48-47(41)43-22-9-10-24-46(43)50-48/h1-11,13-22,24-28,30-32H,12,23,29H2/b39-19+,45-32-,49-44+. The molecule has 1 aliphatic heterocycles. The van der Waals surface area contributed by atoms with E-state index >= 15 is 0 Å². The topological polar surface area (TPSA) is 12.4 Å². The Labute approximate surface area is 298 Å². The number of hydrogen-bond acceptors (Lipinski definition) is 2. The van der Waals surface area contributed by atoms with Crippen molar-refractivity contribution >= 4 is 44.0 Å². The number of fused-ring (bicyclic) bond motifs is 5. The Morgan fingerprint density at radius 1 is 0.520 bits per heavy atom. The number of allylic oxidation sites excluding steroid dienone is 4. The van der Waals surface area contributed by atoms with Crippen molar-refractivity contribution < 1.29 is 0 Å². The first kappa shape index (κ1) is 30.2. The van der Waals surface area contributed by atoms with Crippen molar-refractivity contribution in [2.75, 3.05) is 0 Å². The van der Waals surface area contributed by atoms with Gasteiger partial charge in [0, 0.05) is 31.8 Å².